The molecule has 0 radical (unpaired) electrons. The first-order valence-corrected chi connectivity index (χ1v) is 8.08. The zero-order valence-electron chi connectivity index (χ0n) is 13.0. The first kappa shape index (κ1) is 15.3. The van der Waals surface area contributed by atoms with E-state index in [1.165, 1.54) is 49.7 Å². The molecule has 1 aliphatic carbocycles. The number of hydrogen-bond donors (Lipinski definition) is 0. The van der Waals surface area contributed by atoms with E-state index in [9.17, 15) is 0 Å². The summed E-state index contributed by atoms with van der Waals surface area (Å²) >= 11 is 0. The van der Waals surface area contributed by atoms with Crippen molar-refractivity contribution in [3.63, 3.8) is 0 Å². The average molecular weight is 272 g/mol. The van der Waals surface area contributed by atoms with Gasteiger partial charge in [0.1, 0.15) is 0 Å². The fourth-order valence-corrected chi connectivity index (χ4v) is 3.15. The maximum absolute atomic E-state index is 5.17. The van der Waals surface area contributed by atoms with Crippen molar-refractivity contribution < 1.29 is 4.74 Å². The molecule has 0 aromatic heterocycles. The van der Waals surface area contributed by atoms with E-state index in [4.69, 9.17) is 4.74 Å². The van der Waals surface area contributed by atoms with Crippen molar-refractivity contribution in [2.75, 3.05) is 7.11 Å². The zero-order valence-corrected chi connectivity index (χ0v) is 13.0. The molecule has 2 rings (SSSR count). The van der Waals surface area contributed by atoms with Gasteiger partial charge in [0.2, 0.25) is 0 Å². The largest absolute Gasteiger partial charge is 0.380 e. The lowest BCUT2D eigenvalue weighted by atomic mass is 9.78. The second-order valence-corrected chi connectivity index (χ2v) is 6.00. The summed E-state index contributed by atoms with van der Waals surface area (Å²) in [6, 6.07) is 9.02. The summed E-state index contributed by atoms with van der Waals surface area (Å²) in [6.45, 7) is 2.96. The molecule has 1 aromatic carbocycles. The van der Waals surface area contributed by atoms with E-state index in [-0.39, 0.29) is 0 Å². The van der Waals surface area contributed by atoms with Crippen molar-refractivity contribution in [1.82, 2.24) is 0 Å². The van der Waals surface area contributed by atoms with E-state index >= 15 is 0 Å². The molecule has 1 heteroatoms. The highest BCUT2D eigenvalue weighted by Gasteiger charge is 2.20. The number of rotatable bonds is 6. The van der Waals surface area contributed by atoms with E-state index in [2.05, 4.69) is 43.3 Å². The minimum atomic E-state index is 0.718. The summed E-state index contributed by atoms with van der Waals surface area (Å²) < 4.78 is 5.17. The molecule has 0 N–H and O–H groups in total. The minimum absolute atomic E-state index is 0.718. The van der Waals surface area contributed by atoms with Crippen LogP contribution in [-0.2, 0) is 11.3 Å². The summed E-state index contributed by atoms with van der Waals surface area (Å²) in [4.78, 5) is 0. The van der Waals surface area contributed by atoms with Crippen LogP contribution in [0.2, 0.25) is 0 Å². The summed E-state index contributed by atoms with van der Waals surface area (Å²) in [5, 5.41) is 0. The van der Waals surface area contributed by atoms with Gasteiger partial charge in [0.25, 0.3) is 0 Å². The molecular formula is C19H28O. The molecule has 0 atom stereocenters. The summed E-state index contributed by atoms with van der Waals surface area (Å²) in [6.07, 6.45) is 12.7. The number of hydrogen-bond acceptors (Lipinski definition) is 1. The number of unbranched alkanes of at least 4 members (excludes halogenated alkanes) is 1. The van der Waals surface area contributed by atoms with Gasteiger partial charge in [-0.15, -0.1) is 0 Å². The molecule has 1 aliphatic rings. The van der Waals surface area contributed by atoms with Crippen LogP contribution in [0.25, 0.3) is 0 Å². The van der Waals surface area contributed by atoms with Crippen LogP contribution in [0.5, 0.6) is 0 Å². The third kappa shape index (κ3) is 4.49. The van der Waals surface area contributed by atoms with Crippen LogP contribution in [0.15, 0.2) is 36.4 Å². The molecule has 0 bridgehead atoms. The molecule has 1 nitrogen and oxygen atoms in total. The van der Waals surface area contributed by atoms with Gasteiger partial charge in [-0.05, 0) is 55.1 Å². The molecule has 0 spiro atoms. The molecule has 20 heavy (non-hydrogen) atoms. The van der Waals surface area contributed by atoms with Crippen molar-refractivity contribution in [2.45, 2.75) is 58.0 Å². The monoisotopic (exact) mass is 272 g/mol. The third-order valence-electron chi connectivity index (χ3n) is 4.40. The lowest BCUT2D eigenvalue weighted by Crippen LogP contribution is -2.11. The van der Waals surface area contributed by atoms with E-state index in [1.807, 2.05) is 0 Å². The lowest BCUT2D eigenvalue weighted by molar-refractivity contribution is 0.185. The summed E-state index contributed by atoms with van der Waals surface area (Å²) in [5.74, 6) is 1.59. The second kappa shape index (κ2) is 8.26. The molecule has 0 amide bonds. The highest BCUT2D eigenvalue weighted by Crippen LogP contribution is 2.36. The SMILES string of the molecule is CCC/C=C/[C@H]1CC[C@H](c2ccc(COC)cc2)CC1. The van der Waals surface area contributed by atoms with Crippen LogP contribution < -0.4 is 0 Å². The van der Waals surface area contributed by atoms with Gasteiger partial charge in [-0.1, -0.05) is 49.8 Å². The van der Waals surface area contributed by atoms with E-state index in [1.54, 1.807) is 7.11 Å². The first-order valence-electron chi connectivity index (χ1n) is 8.08. The Morgan fingerprint density at radius 1 is 1.10 bits per heavy atom. The quantitative estimate of drug-likeness (QED) is 0.624. The fraction of sp³-hybridized carbons (Fsp3) is 0.579. The van der Waals surface area contributed by atoms with Crippen molar-refractivity contribution in [2.24, 2.45) is 5.92 Å². The van der Waals surface area contributed by atoms with Crippen LogP contribution in [0, 0.1) is 5.92 Å². The van der Waals surface area contributed by atoms with Gasteiger partial charge in [0.15, 0.2) is 0 Å². The maximum atomic E-state index is 5.17. The van der Waals surface area contributed by atoms with Gasteiger partial charge in [0, 0.05) is 7.11 Å². The third-order valence-corrected chi connectivity index (χ3v) is 4.40. The van der Waals surface area contributed by atoms with Gasteiger partial charge >= 0.3 is 0 Å². The van der Waals surface area contributed by atoms with E-state index < -0.39 is 0 Å². The van der Waals surface area contributed by atoms with Gasteiger partial charge in [-0.3, -0.25) is 0 Å². The minimum Gasteiger partial charge on any atom is -0.380 e. The topological polar surface area (TPSA) is 9.23 Å². The molecule has 1 saturated carbocycles. The normalized spacial score (nSPS) is 23.3. The predicted molar refractivity (Wildman–Crippen MR) is 85.9 cm³/mol. The molecule has 110 valence electrons. The molecule has 0 unspecified atom stereocenters. The van der Waals surface area contributed by atoms with Crippen LogP contribution in [0.3, 0.4) is 0 Å². The molecule has 1 fully saturated rings. The van der Waals surface area contributed by atoms with Crippen LogP contribution in [0.4, 0.5) is 0 Å². The van der Waals surface area contributed by atoms with Gasteiger partial charge in [-0.2, -0.15) is 0 Å². The van der Waals surface area contributed by atoms with Gasteiger partial charge < -0.3 is 4.74 Å². The van der Waals surface area contributed by atoms with Gasteiger partial charge in [-0.25, -0.2) is 0 Å². The number of ether oxygens (including phenoxy) is 1. The van der Waals surface area contributed by atoms with Crippen molar-refractivity contribution >= 4 is 0 Å². The zero-order chi connectivity index (χ0) is 14.2. The highest BCUT2D eigenvalue weighted by molar-refractivity contribution is 5.25. The highest BCUT2D eigenvalue weighted by atomic mass is 16.5. The standard InChI is InChI=1S/C19H28O/c1-3-4-5-6-16-7-11-18(12-8-16)19-13-9-17(10-14-19)15-20-2/h5-6,9-10,13-14,16,18H,3-4,7-8,11-12,15H2,1-2H3/b6-5+/t16-,18-. The van der Waals surface area contributed by atoms with Crippen molar-refractivity contribution in [1.29, 1.82) is 0 Å². The Morgan fingerprint density at radius 2 is 1.80 bits per heavy atom. The number of allylic oxidation sites excluding steroid dienone is 2. The Kier molecular flexibility index (Phi) is 6.32. The number of methoxy groups -OCH3 is 1. The smallest absolute Gasteiger partial charge is 0.0713 e. The molecule has 1 aromatic rings. The first-order chi connectivity index (χ1) is 9.83. The van der Waals surface area contributed by atoms with Crippen molar-refractivity contribution in [3.8, 4) is 0 Å². The average Bonchev–Trinajstić information content (AvgIpc) is 2.49. The Morgan fingerprint density at radius 3 is 2.40 bits per heavy atom. The second-order valence-electron chi connectivity index (χ2n) is 6.00. The maximum Gasteiger partial charge on any atom is 0.0713 e. The number of benzene rings is 1. The molecule has 0 saturated heterocycles. The van der Waals surface area contributed by atoms with Crippen LogP contribution in [0.1, 0.15) is 62.5 Å². The Labute approximate surface area is 124 Å². The van der Waals surface area contributed by atoms with E-state index in [0.29, 0.717) is 0 Å². The fourth-order valence-electron chi connectivity index (χ4n) is 3.15. The van der Waals surface area contributed by atoms with Gasteiger partial charge in [0.05, 0.1) is 6.61 Å². The molecule has 0 aliphatic heterocycles. The van der Waals surface area contributed by atoms with Crippen LogP contribution >= 0.6 is 0 Å². The van der Waals surface area contributed by atoms with Crippen molar-refractivity contribution in [3.05, 3.63) is 47.5 Å². The Bertz CT molecular complexity index is 396. The Balaban J connectivity index is 1.83. The predicted octanol–water partition coefficient (Wildman–Crippen LogP) is 5.46. The molecular weight excluding hydrogens is 244 g/mol. The lowest BCUT2D eigenvalue weighted by Gasteiger charge is -2.27. The summed E-state index contributed by atoms with van der Waals surface area (Å²) in [5.41, 5.74) is 2.79. The molecule has 0 heterocycles. The summed E-state index contributed by atoms with van der Waals surface area (Å²) in [7, 11) is 1.75. The van der Waals surface area contributed by atoms with Crippen LogP contribution in [-0.4, -0.2) is 7.11 Å². The van der Waals surface area contributed by atoms with E-state index in [0.717, 1.165) is 18.4 Å². The Hall–Kier alpha value is -1.08.